The molecule has 0 aromatic carbocycles. The normalized spacial score (nSPS) is 21.8. The van der Waals surface area contributed by atoms with Crippen molar-refractivity contribution in [2.45, 2.75) is 39.7 Å². The summed E-state index contributed by atoms with van der Waals surface area (Å²) < 4.78 is 0. The molecule has 1 amide bonds. The quantitative estimate of drug-likeness (QED) is 0.724. The maximum absolute atomic E-state index is 12.0. The summed E-state index contributed by atoms with van der Waals surface area (Å²) in [6.07, 6.45) is 2.39. The van der Waals surface area contributed by atoms with Crippen LogP contribution >= 0.6 is 0 Å². The molecule has 0 aliphatic carbocycles. The van der Waals surface area contributed by atoms with Crippen LogP contribution in [0, 0.1) is 5.92 Å². The van der Waals surface area contributed by atoms with Crippen LogP contribution in [0.25, 0.3) is 0 Å². The second kappa shape index (κ2) is 7.67. The molecule has 0 saturated carbocycles. The van der Waals surface area contributed by atoms with Crippen LogP contribution in [0.5, 0.6) is 0 Å². The van der Waals surface area contributed by atoms with E-state index in [1.165, 1.54) is 12.8 Å². The first-order valence-electron chi connectivity index (χ1n) is 6.95. The molecule has 0 spiro atoms. The van der Waals surface area contributed by atoms with Crippen molar-refractivity contribution < 1.29 is 4.79 Å². The van der Waals surface area contributed by atoms with Gasteiger partial charge in [0.2, 0.25) is 5.91 Å². The van der Waals surface area contributed by atoms with Crippen LogP contribution in [0.15, 0.2) is 0 Å². The van der Waals surface area contributed by atoms with Gasteiger partial charge in [-0.15, -0.1) is 0 Å². The van der Waals surface area contributed by atoms with Crippen molar-refractivity contribution in [2.75, 3.05) is 32.7 Å². The zero-order chi connectivity index (χ0) is 12.7. The van der Waals surface area contributed by atoms with Crippen molar-refractivity contribution in [3.63, 3.8) is 0 Å². The van der Waals surface area contributed by atoms with Crippen LogP contribution in [0.3, 0.4) is 0 Å². The summed E-state index contributed by atoms with van der Waals surface area (Å²) >= 11 is 0. The smallest absolute Gasteiger partial charge is 0.238 e. The minimum Gasteiger partial charge on any atom is -0.355 e. The molecule has 2 N–H and O–H groups in total. The Morgan fingerprint density at radius 1 is 1.41 bits per heavy atom. The molecule has 0 aromatic heterocycles. The van der Waals surface area contributed by atoms with Gasteiger partial charge in [0.15, 0.2) is 0 Å². The number of carbonyl (C=O) groups is 1. The van der Waals surface area contributed by atoms with Crippen molar-refractivity contribution in [1.29, 1.82) is 0 Å². The maximum Gasteiger partial charge on any atom is 0.238 e. The van der Waals surface area contributed by atoms with Gasteiger partial charge in [-0.3, -0.25) is 9.69 Å². The Bertz CT molecular complexity index is 229. The van der Waals surface area contributed by atoms with Crippen LogP contribution in [-0.4, -0.2) is 49.6 Å². The van der Waals surface area contributed by atoms with Crippen LogP contribution in [0.2, 0.25) is 0 Å². The van der Waals surface area contributed by atoms with E-state index in [-0.39, 0.29) is 11.9 Å². The van der Waals surface area contributed by atoms with Crippen molar-refractivity contribution >= 4 is 5.91 Å². The van der Waals surface area contributed by atoms with Crippen molar-refractivity contribution in [1.82, 2.24) is 15.5 Å². The van der Waals surface area contributed by atoms with E-state index in [0.29, 0.717) is 12.5 Å². The van der Waals surface area contributed by atoms with Gasteiger partial charge < -0.3 is 10.6 Å². The monoisotopic (exact) mass is 241 g/mol. The molecule has 4 heteroatoms. The van der Waals surface area contributed by atoms with Gasteiger partial charge in [0.1, 0.15) is 6.04 Å². The second-order valence-corrected chi connectivity index (χ2v) is 4.79. The number of amides is 1. The van der Waals surface area contributed by atoms with Gasteiger partial charge in [0.25, 0.3) is 0 Å². The second-order valence-electron chi connectivity index (χ2n) is 4.79. The maximum atomic E-state index is 12.0. The fourth-order valence-corrected chi connectivity index (χ4v) is 2.39. The Labute approximate surface area is 105 Å². The fourth-order valence-electron chi connectivity index (χ4n) is 2.39. The summed E-state index contributed by atoms with van der Waals surface area (Å²) in [7, 11) is 0. The van der Waals surface area contributed by atoms with Gasteiger partial charge in [0.05, 0.1) is 0 Å². The number of piperazine rings is 1. The minimum atomic E-state index is 0.0179. The molecular formula is C13H27N3O. The van der Waals surface area contributed by atoms with E-state index in [1.54, 1.807) is 0 Å². The van der Waals surface area contributed by atoms with E-state index in [2.05, 4.69) is 29.4 Å². The average molecular weight is 241 g/mol. The van der Waals surface area contributed by atoms with Crippen LogP contribution in [-0.2, 0) is 4.79 Å². The van der Waals surface area contributed by atoms with Gasteiger partial charge in [-0.25, -0.2) is 0 Å². The molecule has 1 atom stereocenters. The van der Waals surface area contributed by atoms with Crippen molar-refractivity contribution in [3.8, 4) is 0 Å². The lowest BCUT2D eigenvalue weighted by atomic mass is 10.0. The highest BCUT2D eigenvalue weighted by Gasteiger charge is 2.28. The SMILES string of the molecule is CCNC(=O)C1CNCCN1CC(CC)CC. The summed E-state index contributed by atoms with van der Waals surface area (Å²) in [5.74, 6) is 0.885. The highest BCUT2D eigenvalue weighted by molar-refractivity contribution is 5.82. The van der Waals surface area contributed by atoms with Crippen LogP contribution in [0.4, 0.5) is 0 Å². The predicted molar refractivity (Wildman–Crippen MR) is 71.0 cm³/mol. The van der Waals surface area contributed by atoms with Crippen molar-refractivity contribution in [3.05, 3.63) is 0 Å². The Morgan fingerprint density at radius 2 is 2.12 bits per heavy atom. The van der Waals surface area contributed by atoms with E-state index in [1.807, 2.05) is 6.92 Å². The molecule has 1 aliphatic rings. The average Bonchev–Trinajstić information content (AvgIpc) is 2.36. The topological polar surface area (TPSA) is 44.4 Å². The van der Waals surface area contributed by atoms with Gasteiger partial charge in [0, 0.05) is 32.7 Å². The lowest BCUT2D eigenvalue weighted by Gasteiger charge is -2.37. The number of likely N-dealkylation sites (N-methyl/N-ethyl adjacent to an activating group) is 1. The minimum absolute atomic E-state index is 0.0179. The fraction of sp³-hybridized carbons (Fsp3) is 0.923. The molecule has 1 rings (SSSR count). The Kier molecular flexibility index (Phi) is 6.52. The molecular weight excluding hydrogens is 214 g/mol. The zero-order valence-electron chi connectivity index (χ0n) is 11.5. The van der Waals surface area contributed by atoms with Gasteiger partial charge >= 0.3 is 0 Å². The highest BCUT2D eigenvalue weighted by Crippen LogP contribution is 2.13. The van der Waals surface area contributed by atoms with Gasteiger partial charge in [-0.2, -0.15) is 0 Å². The van der Waals surface area contributed by atoms with Crippen LogP contribution < -0.4 is 10.6 Å². The van der Waals surface area contributed by atoms with E-state index in [4.69, 9.17) is 0 Å². The lowest BCUT2D eigenvalue weighted by molar-refractivity contribution is -0.127. The molecule has 0 radical (unpaired) electrons. The number of carbonyl (C=O) groups excluding carboxylic acids is 1. The predicted octanol–water partition coefficient (Wildman–Crippen LogP) is 0.833. The first-order chi connectivity index (χ1) is 8.22. The molecule has 100 valence electrons. The zero-order valence-corrected chi connectivity index (χ0v) is 11.5. The molecule has 1 fully saturated rings. The van der Waals surface area contributed by atoms with Gasteiger partial charge in [-0.05, 0) is 12.8 Å². The number of rotatable bonds is 6. The van der Waals surface area contributed by atoms with Gasteiger partial charge in [-0.1, -0.05) is 26.7 Å². The van der Waals surface area contributed by atoms with E-state index in [0.717, 1.165) is 26.2 Å². The first-order valence-corrected chi connectivity index (χ1v) is 6.95. The third kappa shape index (κ3) is 4.28. The van der Waals surface area contributed by atoms with E-state index >= 15 is 0 Å². The molecule has 0 aromatic rings. The molecule has 0 bridgehead atoms. The lowest BCUT2D eigenvalue weighted by Crippen LogP contribution is -2.58. The molecule has 4 nitrogen and oxygen atoms in total. The van der Waals surface area contributed by atoms with E-state index in [9.17, 15) is 4.79 Å². The highest BCUT2D eigenvalue weighted by atomic mass is 16.2. The number of hydrogen-bond donors (Lipinski definition) is 2. The molecule has 1 unspecified atom stereocenters. The largest absolute Gasteiger partial charge is 0.355 e. The summed E-state index contributed by atoms with van der Waals surface area (Å²) in [4.78, 5) is 14.3. The Balaban J connectivity index is 2.55. The number of nitrogens with zero attached hydrogens (tertiary/aromatic N) is 1. The summed E-state index contributed by atoms with van der Waals surface area (Å²) in [5, 5.41) is 6.24. The Hall–Kier alpha value is -0.610. The molecule has 1 aliphatic heterocycles. The van der Waals surface area contributed by atoms with E-state index < -0.39 is 0 Å². The Morgan fingerprint density at radius 3 is 2.71 bits per heavy atom. The summed E-state index contributed by atoms with van der Waals surface area (Å²) in [6, 6.07) is 0.0179. The van der Waals surface area contributed by atoms with Crippen molar-refractivity contribution in [2.24, 2.45) is 5.92 Å². The van der Waals surface area contributed by atoms with Crippen LogP contribution in [0.1, 0.15) is 33.6 Å². The first kappa shape index (κ1) is 14.5. The summed E-state index contributed by atoms with van der Waals surface area (Å²) in [6.45, 7) is 11.0. The summed E-state index contributed by atoms with van der Waals surface area (Å²) in [5.41, 5.74) is 0. The third-order valence-electron chi connectivity index (χ3n) is 3.66. The third-order valence-corrected chi connectivity index (χ3v) is 3.66. The number of hydrogen-bond acceptors (Lipinski definition) is 3. The molecule has 1 heterocycles. The standard InChI is InChI=1S/C13H27N3O/c1-4-11(5-2)10-16-8-7-14-9-12(16)13(17)15-6-3/h11-12,14H,4-10H2,1-3H3,(H,15,17). The molecule has 17 heavy (non-hydrogen) atoms. The number of nitrogens with one attached hydrogen (secondary N) is 2. The molecule has 1 saturated heterocycles.